The van der Waals surface area contributed by atoms with E-state index >= 15 is 0 Å². The maximum atomic E-state index is 11.5. The highest BCUT2D eigenvalue weighted by Gasteiger charge is 2.34. The molecule has 0 bridgehead atoms. The van der Waals surface area contributed by atoms with Crippen LogP contribution in [0.3, 0.4) is 0 Å². The second kappa shape index (κ2) is 6.76. The van der Waals surface area contributed by atoms with E-state index in [1.54, 1.807) is 0 Å². The van der Waals surface area contributed by atoms with Crippen molar-refractivity contribution >= 4 is 23.5 Å². The summed E-state index contributed by atoms with van der Waals surface area (Å²) in [5.41, 5.74) is 0.0864. The number of aromatic carboxylic acids is 1. The van der Waals surface area contributed by atoms with Gasteiger partial charge in [-0.05, 0) is 19.1 Å². The van der Waals surface area contributed by atoms with Crippen molar-refractivity contribution in [3.05, 3.63) is 23.5 Å². The van der Waals surface area contributed by atoms with Crippen LogP contribution in [0.2, 0.25) is 0 Å². The molecule has 0 radical (unpaired) electrons. The first-order chi connectivity index (χ1) is 11.5. The Morgan fingerprint density at radius 1 is 1.46 bits per heavy atom. The Hall–Kier alpha value is -2.16. The normalized spacial score (nSPS) is 17.7. The van der Waals surface area contributed by atoms with E-state index < -0.39 is 5.97 Å². The van der Waals surface area contributed by atoms with Crippen LogP contribution in [-0.2, 0) is 0 Å². The fraction of sp³-hybridized carbons (Fsp3) is 0.533. The van der Waals surface area contributed by atoms with Gasteiger partial charge in [-0.2, -0.15) is 4.98 Å². The summed E-state index contributed by atoms with van der Waals surface area (Å²) >= 11 is 1.37. The van der Waals surface area contributed by atoms with Crippen molar-refractivity contribution in [1.82, 2.24) is 20.1 Å². The molecule has 3 rings (SSSR count). The Bertz CT molecular complexity index is 748. The van der Waals surface area contributed by atoms with Crippen molar-refractivity contribution in [1.29, 1.82) is 0 Å². The van der Waals surface area contributed by atoms with Crippen molar-refractivity contribution in [2.75, 3.05) is 17.7 Å². The fourth-order valence-electron chi connectivity index (χ4n) is 2.72. The van der Waals surface area contributed by atoms with E-state index in [9.17, 15) is 9.90 Å². The zero-order valence-corrected chi connectivity index (χ0v) is 14.6. The quantitative estimate of drug-likeness (QED) is 0.644. The average molecular weight is 349 g/mol. The number of hydrogen-bond acceptors (Lipinski definition) is 8. The van der Waals surface area contributed by atoms with E-state index in [-0.39, 0.29) is 17.5 Å². The first-order valence-electron chi connectivity index (χ1n) is 7.75. The zero-order chi connectivity index (χ0) is 17.3. The Morgan fingerprint density at radius 2 is 2.25 bits per heavy atom. The molecule has 1 N–H and O–H groups in total. The fourth-order valence-corrected chi connectivity index (χ4v) is 3.06. The summed E-state index contributed by atoms with van der Waals surface area (Å²) in [5.74, 6) is 0.707. The number of carbonyl (C=O) groups is 1. The molecule has 2 aromatic heterocycles. The molecular formula is C15H19N5O3S. The molecule has 0 amide bonds. The molecule has 24 heavy (non-hydrogen) atoms. The zero-order valence-electron chi connectivity index (χ0n) is 13.8. The van der Waals surface area contributed by atoms with E-state index in [2.05, 4.69) is 20.1 Å². The molecule has 128 valence electrons. The van der Waals surface area contributed by atoms with Gasteiger partial charge in [0.05, 0.1) is 0 Å². The second-order valence-corrected chi connectivity index (χ2v) is 6.67. The van der Waals surface area contributed by atoms with Gasteiger partial charge in [-0.1, -0.05) is 30.8 Å². The molecule has 1 atom stereocenters. The molecule has 0 unspecified atom stereocenters. The molecule has 0 aromatic carbocycles. The van der Waals surface area contributed by atoms with Gasteiger partial charge in [0.15, 0.2) is 11.0 Å². The molecule has 1 fully saturated rings. The van der Waals surface area contributed by atoms with Crippen molar-refractivity contribution in [3.8, 4) is 0 Å². The lowest BCUT2D eigenvalue weighted by Crippen LogP contribution is -2.26. The number of nitrogens with zero attached hydrogens (tertiary/aromatic N) is 5. The number of carboxylic acids is 1. The molecule has 1 aliphatic rings. The third kappa shape index (κ3) is 3.08. The van der Waals surface area contributed by atoms with Gasteiger partial charge in [0.25, 0.3) is 0 Å². The highest BCUT2D eigenvalue weighted by atomic mass is 32.2. The number of rotatable bonds is 5. The summed E-state index contributed by atoms with van der Waals surface area (Å²) in [6.07, 6.45) is 4.94. The van der Waals surface area contributed by atoms with Crippen LogP contribution in [0.4, 0.5) is 5.82 Å². The second-order valence-electron chi connectivity index (χ2n) is 5.90. The molecule has 1 saturated heterocycles. The third-order valence-corrected chi connectivity index (χ3v) is 4.51. The van der Waals surface area contributed by atoms with Crippen LogP contribution in [0.25, 0.3) is 0 Å². The molecule has 1 aliphatic heterocycles. The summed E-state index contributed by atoms with van der Waals surface area (Å²) in [5, 5.41) is 14.0. The van der Waals surface area contributed by atoms with Gasteiger partial charge in [0.1, 0.15) is 17.4 Å². The lowest BCUT2D eigenvalue weighted by molar-refractivity contribution is 0.0696. The lowest BCUT2D eigenvalue weighted by atomic mass is 10.2. The predicted molar refractivity (Wildman–Crippen MR) is 88.5 cm³/mol. The van der Waals surface area contributed by atoms with E-state index in [4.69, 9.17) is 4.52 Å². The van der Waals surface area contributed by atoms with Gasteiger partial charge in [0.2, 0.25) is 5.89 Å². The Morgan fingerprint density at radius 3 is 2.88 bits per heavy atom. The van der Waals surface area contributed by atoms with Crippen molar-refractivity contribution < 1.29 is 14.4 Å². The minimum absolute atomic E-state index is 0.0864. The third-order valence-electron chi connectivity index (χ3n) is 3.94. The smallest absolute Gasteiger partial charge is 0.341 e. The highest BCUT2D eigenvalue weighted by Crippen LogP contribution is 2.36. The van der Waals surface area contributed by atoms with Crippen molar-refractivity contribution in [2.45, 2.75) is 43.8 Å². The number of hydrogen-bond donors (Lipinski definition) is 1. The van der Waals surface area contributed by atoms with Crippen molar-refractivity contribution in [3.63, 3.8) is 0 Å². The summed E-state index contributed by atoms with van der Waals surface area (Å²) < 4.78 is 5.42. The summed E-state index contributed by atoms with van der Waals surface area (Å²) in [6, 6.07) is -0.160. The van der Waals surface area contributed by atoms with Crippen LogP contribution < -0.4 is 4.90 Å². The van der Waals surface area contributed by atoms with E-state index in [0.717, 1.165) is 12.8 Å². The Kier molecular flexibility index (Phi) is 4.70. The number of aromatic nitrogens is 4. The Balaban J connectivity index is 1.99. The summed E-state index contributed by atoms with van der Waals surface area (Å²) in [4.78, 5) is 26.4. The first-order valence-corrected chi connectivity index (χ1v) is 8.98. The standard InChI is InChI=1S/C15H19N5O3S/c1-8(2)11-17-13(23-19-11)10-5-4-6-20(10)12-9(14(21)22)7-16-15(18-12)24-3/h7-8,10H,4-6H2,1-3H3,(H,21,22)/t10-/m0/s1. The van der Waals surface area contributed by atoms with Gasteiger partial charge in [-0.3, -0.25) is 0 Å². The minimum atomic E-state index is -1.04. The van der Waals surface area contributed by atoms with E-state index in [0.29, 0.717) is 29.2 Å². The number of anilines is 1. The topological polar surface area (TPSA) is 105 Å². The molecule has 3 heterocycles. The van der Waals surface area contributed by atoms with Crippen LogP contribution in [0.1, 0.15) is 60.7 Å². The van der Waals surface area contributed by atoms with Gasteiger partial charge in [-0.25, -0.2) is 14.8 Å². The summed E-state index contributed by atoms with van der Waals surface area (Å²) in [6.45, 7) is 4.69. The number of carboxylic acid groups (broad SMARTS) is 1. The van der Waals surface area contributed by atoms with Crippen LogP contribution >= 0.6 is 11.8 Å². The van der Waals surface area contributed by atoms with Gasteiger partial charge in [-0.15, -0.1) is 0 Å². The van der Waals surface area contributed by atoms with Crippen LogP contribution in [-0.4, -0.2) is 44.0 Å². The molecule has 2 aromatic rings. The van der Waals surface area contributed by atoms with Crippen LogP contribution in [0, 0.1) is 0 Å². The maximum Gasteiger partial charge on any atom is 0.341 e. The SMILES string of the molecule is CSc1ncc(C(=O)O)c(N2CCC[C@H]2c2nc(C(C)C)no2)n1. The largest absolute Gasteiger partial charge is 0.477 e. The van der Waals surface area contributed by atoms with Crippen LogP contribution in [0.15, 0.2) is 15.9 Å². The van der Waals surface area contributed by atoms with E-state index in [1.807, 2.05) is 25.0 Å². The maximum absolute atomic E-state index is 11.5. The van der Waals surface area contributed by atoms with E-state index in [1.165, 1.54) is 18.0 Å². The monoisotopic (exact) mass is 349 g/mol. The molecular weight excluding hydrogens is 330 g/mol. The van der Waals surface area contributed by atoms with Gasteiger partial charge in [0, 0.05) is 18.7 Å². The summed E-state index contributed by atoms with van der Waals surface area (Å²) in [7, 11) is 0. The molecule has 0 saturated carbocycles. The molecule has 9 heteroatoms. The molecule has 8 nitrogen and oxygen atoms in total. The minimum Gasteiger partial charge on any atom is -0.477 e. The predicted octanol–water partition coefficient (Wildman–Crippen LogP) is 2.74. The van der Waals surface area contributed by atoms with Crippen LogP contribution in [0.5, 0.6) is 0 Å². The first kappa shape index (κ1) is 16.7. The molecule has 0 aliphatic carbocycles. The Labute approximate surface area is 143 Å². The van der Waals surface area contributed by atoms with Gasteiger partial charge >= 0.3 is 5.97 Å². The average Bonchev–Trinajstić information content (AvgIpc) is 3.22. The lowest BCUT2D eigenvalue weighted by Gasteiger charge is -2.24. The van der Waals surface area contributed by atoms with Gasteiger partial charge < -0.3 is 14.5 Å². The van der Waals surface area contributed by atoms with Crippen molar-refractivity contribution in [2.24, 2.45) is 0 Å². The highest BCUT2D eigenvalue weighted by molar-refractivity contribution is 7.98. The molecule has 0 spiro atoms. The number of thioether (sulfide) groups is 1.